The summed E-state index contributed by atoms with van der Waals surface area (Å²) >= 11 is 7.29. The molecule has 0 radical (unpaired) electrons. The molecule has 2 rings (SSSR count). The molecule has 0 aliphatic rings. The molecule has 0 saturated carbocycles. The molecule has 1 aromatic carbocycles. The molecule has 0 aliphatic carbocycles. The number of anilines is 1. The number of nitriles is 1. The van der Waals surface area contributed by atoms with Crippen LogP contribution in [0.2, 0.25) is 0 Å². The normalized spacial score (nSPS) is 10.3. The second-order valence-corrected chi connectivity index (χ2v) is 4.09. The minimum absolute atomic E-state index is 0.318. The Kier molecular flexibility index (Phi) is 2.32. The van der Waals surface area contributed by atoms with Crippen LogP contribution in [-0.2, 0) is 5.88 Å². The van der Waals surface area contributed by atoms with Crippen molar-refractivity contribution in [3.05, 3.63) is 28.6 Å². The Morgan fingerprint density at radius 3 is 3.00 bits per heavy atom. The van der Waals surface area contributed by atoms with E-state index in [1.165, 1.54) is 0 Å². The number of benzene rings is 1. The molecule has 4 heteroatoms. The standard InChI is InChI=1S/C10H7ClN2S/c11-4-6-3-9(13)10-7(1-2-14-10)8(6)5-12/h1-3H,4,13H2. The summed E-state index contributed by atoms with van der Waals surface area (Å²) in [6.45, 7) is 0. The predicted octanol–water partition coefficient (Wildman–Crippen LogP) is 3.09. The molecule has 70 valence electrons. The lowest BCUT2D eigenvalue weighted by Gasteiger charge is -2.03. The van der Waals surface area contributed by atoms with Crippen molar-refractivity contribution in [3.8, 4) is 6.07 Å². The van der Waals surface area contributed by atoms with Gasteiger partial charge in [0.1, 0.15) is 6.07 Å². The van der Waals surface area contributed by atoms with E-state index in [0.29, 0.717) is 17.1 Å². The first-order valence-electron chi connectivity index (χ1n) is 4.02. The Balaban J connectivity index is 2.91. The molecule has 2 N–H and O–H groups in total. The zero-order valence-corrected chi connectivity index (χ0v) is 8.82. The second-order valence-electron chi connectivity index (χ2n) is 2.91. The highest BCUT2D eigenvalue weighted by molar-refractivity contribution is 7.17. The number of alkyl halides is 1. The molecule has 2 aromatic rings. The minimum atomic E-state index is 0.318. The number of nitrogens with zero attached hydrogens (tertiary/aromatic N) is 1. The molecule has 1 heterocycles. The molecule has 0 atom stereocenters. The lowest BCUT2D eigenvalue weighted by atomic mass is 10.0. The Hall–Kier alpha value is -1.24. The Bertz CT molecular complexity index is 525. The molecule has 0 fully saturated rings. The summed E-state index contributed by atoms with van der Waals surface area (Å²) in [7, 11) is 0. The Labute approximate surface area is 90.5 Å². The molecule has 0 unspecified atom stereocenters. The van der Waals surface area contributed by atoms with Crippen molar-refractivity contribution in [2.75, 3.05) is 5.73 Å². The second kappa shape index (κ2) is 3.49. The number of fused-ring (bicyclic) bond motifs is 1. The molecular weight excluding hydrogens is 216 g/mol. The maximum atomic E-state index is 9.01. The summed E-state index contributed by atoms with van der Waals surface area (Å²) in [4.78, 5) is 0. The fraction of sp³-hybridized carbons (Fsp3) is 0.100. The molecule has 1 aromatic heterocycles. The van der Waals surface area contributed by atoms with Gasteiger partial charge >= 0.3 is 0 Å². The molecule has 0 aliphatic heterocycles. The quantitative estimate of drug-likeness (QED) is 0.596. The average molecular weight is 223 g/mol. The number of nitrogen functional groups attached to an aromatic ring is 1. The maximum Gasteiger partial charge on any atom is 0.100 e. The smallest absolute Gasteiger partial charge is 0.100 e. The predicted molar refractivity (Wildman–Crippen MR) is 60.5 cm³/mol. The molecular formula is C10H7ClN2S. The van der Waals surface area contributed by atoms with Crippen molar-refractivity contribution < 1.29 is 0 Å². The van der Waals surface area contributed by atoms with Gasteiger partial charge < -0.3 is 5.73 Å². The minimum Gasteiger partial charge on any atom is -0.398 e. The maximum absolute atomic E-state index is 9.01. The van der Waals surface area contributed by atoms with Crippen molar-refractivity contribution in [1.29, 1.82) is 5.26 Å². The van der Waals surface area contributed by atoms with Gasteiger partial charge in [-0.3, -0.25) is 0 Å². The van der Waals surface area contributed by atoms with Gasteiger partial charge in [-0.2, -0.15) is 5.26 Å². The highest BCUT2D eigenvalue weighted by atomic mass is 35.5. The van der Waals surface area contributed by atoms with Gasteiger partial charge in [0.05, 0.1) is 10.3 Å². The first-order chi connectivity index (χ1) is 6.77. The van der Waals surface area contributed by atoms with Gasteiger partial charge in [0.15, 0.2) is 0 Å². The Morgan fingerprint density at radius 1 is 1.57 bits per heavy atom. The van der Waals surface area contributed by atoms with Gasteiger partial charge in [0.2, 0.25) is 0 Å². The largest absolute Gasteiger partial charge is 0.398 e. The van der Waals surface area contributed by atoms with Crippen molar-refractivity contribution >= 4 is 38.7 Å². The van der Waals surface area contributed by atoms with E-state index >= 15 is 0 Å². The van der Waals surface area contributed by atoms with Crippen molar-refractivity contribution in [2.45, 2.75) is 5.88 Å². The van der Waals surface area contributed by atoms with E-state index in [2.05, 4.69) is 6.07 Å². The Morgan fingerprint density at radius 2 is 2.36 bits per heavy atom. The molecule has 2 nitrogen and oxygen atoms in total. The topological polar surface area (TPSA) is 49.8 Å². The van der Waals surface area contributed by atoms with E-state index in [1.54, 1.807) is 17.4 Å². The number of halogens is 1. The van der Waals surface area contributed by atoms with Crippen LogP contribution >= 0.6 is 22.9 Å². The third kappa shape index (κ3) is 1.24. The number of hydrogen-bond acceptors (Lipinski definition) is 3. The van der Waals surface area contributed by atoms with Crippen LogP contribution in [0.5, 0.6) is 0 Å². The number of nitrogens with two attached hydrogens (primary N) is 1. The summed E-state index contributed by atoms with van der Waals surface area (Å²) in [6.07, 6.45) is 0. The molecule has 14 heavy (non-hydrogen) atoms. The average Bonchev–Trinajstić information content (AvgIpc) is 2.66. The van der Waals surface area contributed by atoms with E-state index in [9.17, 15) is 0 Å². The fourth-order valence-electron chi connectivity index (χ4n) is 1.47. The van der Waals surface area contributed by atoms with Crippen molar-refractivity contribution in [1.82, 2.24) is 0 Å². The van der Waals surface area contributed by atoms with E-state index in [4.69, 9.17) is 22.6 Å². The zero-order chi connectivity index (χ0) is 10.1. The number of hydrogen-bond donors (Lipinski definition) is 1. The lowest BCUT2D eigenvalue weighted by Crippen LogP contribution is -1.92. The van der Waals surface area contributed by atoms with Crippen LogP contribution in [0.15, 0.2) is 17.5 Å². The van der Waals surface area contributed by atoms with Crippen molar-refractivity contribution in [2.24, 2.45) is 0 Å². The first kappa shape index (κ1) is 9.32. The van der Waals surface area contributed by atoms with Gasteiger partial charge in [-0.1, -0.05) is 0 Å². The summed E-state index contributed by atoms with van der Waals surface area (Å²) in [5.74, 6) is 0.318. The lowest BCUT2D eigenvalue weighted by molar-refractivity contribution is 1.38. The van der Waals surface area contributed by atoms with E-state index in [1.807, 2.05) is 11.4 Å². The van der Waals surface area contributed by atoms with Gasteiger partial charge in [-0.25, -0.2) is 0 Å². The highest BCUT2D eigenvalue weighted by Gasteiger charge is 2.10. The van der Waals surface area contributed by atoms with Gasteiger partial charge in [0, 0.05) is 17.0 Å². The molecule has 0 saturated heterocycles. The van der Waals surface area contributed by atoms with E-state index in [0.717, 1.165) is 15.6 Å². The van der Waals surface area contributed by atoms with Crippen LogP contribution in [0.1, 0.15) is 11.1 Å². The first-order valence-corrected chi connectivity index (χ1v) is 5.44. The van der Waals surface area contributed by atoms with Gasteiger partial charge in [-0.15, -0.1) is 22.9 Å². The zero-order valence-electron chi connectivity index (χ0n) is 7.25. The SMILES string of the molecule is N#Cc1c(CCl)cc(N)c2sccc12. The van der Waals surface area contributed by atoms with Crippen LogP contribution < -0.4 is 5.73 Å². The van der Waals surface area contributed by atoms with Crippen LogP contribution in [-0.4, -0.2) is 0 Å². The highest BCUT2D eigenvalue weighted by Crippen LogP contribution is 2.32. The van der Waals surface area contributed by atoms with Crippen LogP contribution in [0.4, 0.5) is 5.69 Å². The summed E-state index contributed by atoms with van der Waals surface area (Å²) < 4.78 is 0.968. The molecule has 0 spiro atoms. The van der Waals surface area contributed by atoms with Crippen molar-refractivity contribution in [3.63, 3.8) is 0 Å². The number of rotatable bonds is 1. The van der Waals surface area contributed by atoms with Gasteiger partial charge in [0.25, 0.3) is 0 Å². The van der Waals surface area contributed by atoms with Crippen LogP contribution in [0.3, 0.4) is 0 Å². The molecule has 0 bridgehead atoms. The fourth-order valence-corrected chi connectivity index (χ4v) is 2.51. The number of thiophene rings is 1. The van der Waals surface area contributed by atoms with Crippen LogP contribution in [0.25, 0.3) is 10.1 Å². The van der Waals surface area contributed by atoms with E-state index in [-0.39, 0.29) is 0 Å². The van der Waals surface area contributed by atoms with Gasteiger partial charge in [-0.05, 0) is 23.1 Å². The monoisotopic (exact) mass is 222 g/mol. The summed E-state index contributed by atoms with van der Waals surface area (Å²) in [5, 5.41) is 11.9. The van der Waals surface area contributed by atoms with Crippen LogP contribution in [0, 0.1) is 11.3 Å². The summed E-state index contributed by atoms with van der Waals surface area (Å²) in [6, 6.07) is 5.86. The van der Waals surface area contributed by atoms with E-state index < -0.39 is 0 Å². The third-order valence-corrected chi connectivity index (χ3v) is 3.35. The molecule has 0 amide bonds. The summed E-state index contributed by atoms with van der Waals surface area (Å²) in [5.41, 5.74) is 7.99. The third-order valence-electron chi connectivity index (χ3n) is 2.10.